The molecule has 0 amide bonds. The van der Waals surface area contributed by atoms with Gasteiger partial charge in [0.1, 0.15) is 0 Å². The summed E-state index contributed by atoms with van der Waals surface area (Å²) >= 11 is 0. The summed E-state index contributed by atoms with van der Waals surface area (Å²) in [4.78, 5) is 22.8. The quantitative estimate of drug-likeness (QED) is 0.535. The third-order valence-electron chi connectivity index (χ3n) is 4.00. The number of H-pyrrole nitrogens is 1. The van der Waals surface area contributed by atoms with Crippen molar-refractivity contribution in [3.63, 3.8) is 0 Å². The maximum absolute atomic E-state index is 11.9. The number of fused-ring (bicyclic) bond motifs is 1. The molecule has 4 N–H and O–H groups in total. The monoisotopic (exact) mass is 332 g/mol. The maximum Gasteiger partial charge on any atom is 0.280 e. The summed E-state index contributed by atoms with van der Waals surface area (Å²) < 4.78 is 1.70. The Morgan fingerprint density at radius 2 is 1.68 bits per heavy atom. The second-order valence-corrected chi connectivity index (χ2v) is 5.69. The van der Waals surface area contributed by atoms with Crippen LogP contribution in [0.4, 0.5) is 17.6 Å². The van der Waals surface area contributed by atoms with Crippen molar-refractivity contribution in [2.75, 3.05) is 11.1 Å². The van der Waals surface area contributed by atoms with E-state index in [1.54, 1.807) is 11.6 Å². The molecule has 0 saturated carbocycles. The number of rotatable bonds is 3. The molecule has 2 heterocycles. The zero-order chi connectivity index (χ0) is 17.4. The smallest absolute Gasteiger partial charge is 0.280 e. The molecule has 7 nitrogen and oxygen atoms in total. The first-order valence-corrected chi connectivity index (χ1v) is 7.76. The lowest BCUT2D eigenvalue weighted by Crippen LogP contribution is -2.11. The minimum absolute atomic E-state index is 0.0688. The molecule has 2 aromatic heterocycles. The fourth-order valence-electron chi connectivity index (χ4n) is 2.71. The molecule has 0 fully saturated rings. The minimum atomic E-state index is -0.356. The molecule has 0 aliphatic rings. The van der Waals surface area contributed by atoms with Crippen LogP contribution in [-0.2, 0) is 7.05 Å². The Kier molecular flexibility index (Phi) is 3.46. The lowest BCUT2D eigenvalue weighted by molar-refractivity contribution is 0.939. The lowest BCUT2D eigenvalue weighted by atomic mass is 10.1. The summed E-state index contributed by atoms with van der Waals surface area (Å²) in [6.45, 7) is 0. The fourth-order valence-corrected chi connectivity index (χ4v) is 2.71. The SMILES string of the molecule is Cn1c(Nc2ccc(-c3ccccc3)cc2)nc2c(=O)[nH]c(N)nc21. The van der Waals surface area contributed by atoms with Gasteiger partial charge in [-0.25, -0.2) is 4.98 Å². The van der Waals surface area contributed by atoms with Crippen molar-refractivity contribution in [2.24, 2.45) is 7.05 Å². The van der Waals surface area contributed by atoms with E-state index in [9.17, 15) is 4.79 Å². The van der Waals surface area contributed by atoms with E-state index < -0.39 is 0 Å². The normalized spacial score (nSPS) is 10.9. The zero-order valence-electron chi connectivity index (χ0n) is 13.5. The van der Waals surface area contributed by atoms with Crippen LogP contribution < -0.4 is 16.6 Å². The summed E-state index contributed by atoms with van der Waals surface area (Å²) in [6, 6.07) is 18.1. The van der Waals surface area contributed by atoms with Crippen molar-refractivity contribution < 1.29 is 0 Å². The van der Waals surface area contributed by atoms with Gasteiger partial charge in [-0.1, -0.05) is 42.5 Å². The molecule has 0 aliphatic heterocycles. The second kappa shape index (κ2) is 5.79. The van der Waals surface area contributed by atoms with Gasteiger partial charge in [0.25, 0.3) is 5.56 Å². The van der Waals surface area contributed by atoms with Gasteiger partial charge in [0.05, 0.1) is 0 Å². The highest BCUT2D eigenvalue weighted by atomic mass is 16.1. The summed E-state index contributed by atoms with van der Waals surface area (Å²) in [5.41, 5.74) is 9.07. The molecular formula is C18H16N6O. The molecule has 0 spiro atoms. The van der Waals surface area contributed by atoms with Crippen LogP contribution in [0.1, 0.15) is 0 Å². The van der Waals surface area contributed by atoms with Gasteiger partial charge >= 0.3 is 0 Å². The van der Waals surface area contributed by atoms with Crippen LogP contribution in [0.25, 0.3) is 22.3 Å². The van der Waals surface area contributed by atoms with Crippen molar-refractivity contribution in [2.45, 2.75) is 0 Å². The predicted octanol–water partition coefficient (Wildman–Crippen LogP) is 2.65. The van der Waals surface area contributed by atoms with Crippen molar-refractivity contribution in [3.8, 4) is 11.1 Å². The molecule has 124 valence electrons. The standard InChI is InChI=1S/C18H16N6O/c1-24-15-14(16(25)23-17(19)22-15)21-18(24)20-13-9-7-12(8-10-13)11-5-3-2-4-6-11/h2-10H,1H3,(H,20,21)(H3,19,22,23,25). The Balaban J connectivity index is 1.67. The first-order valence-electron chi connectivity index (χ1n) is 7.76. The number of nitrogen functional groups attached to an aromatic ring is 1. The third-order valence-corrected chi connectivity index (χ3v) is 4.00. The van der Waals surface area contributed by atoms with Crippen molar-refractivity contribution in [1.82, 2.24) is 19.5 Å². The van der Waals surface area contributed by atoms with E-state index in [-0.39, 0.29) is 17.0 Å². The molecule has 0 radical (unpaired) electrons. The summed E-state index contributed by atoms with van der Waals surface area (Å²) in [7, 11) is 1.78. The largest absolute Gasteiger partial charge is 0.369 e. The van der Waals surface area contributed by atoms with Gasteiger partial charge in [-0.3, -0.25) is 14.3 Å². The van der Waals surface area contributed by atoms with Crippen molar-refractivity contribution in [3.05, 3.63) is 65.0 Å². The molecule has 7 heteroatoms. The Hall–Kier alpha value is -3.61. The number of anilines is 3. The minimum Gasteiger partial charge on any atom is -0.369 e. The average Bonchev–Trinajstić information content (AvgIpc) is 2.93. The van der Waals surface area contributed by atoms with E-state index in [1.165, 1.54) is 0 Å². The molecule has 4 aromatic rings. The Morgan fingerprint density at radius 1 is 1.00 bits per heavy atom. The molecule has 0 saturated heterocycles. The number of nitrogens with zero attached hydrogens (tertiary/aromatic N) is 3. The molecule has 0 unspecified atom stereocenters. The number of aromatic amines is 1. The highest BCUT2D eigenvalue weighted by molar-refractivity contribution is 5.76. The number of aromatic nitrogens is 4. The number of nitrogens with two attached hydrogens (primary N) is 1. The van der Waals surface area contributed by atoms with Crippen molar-refractivity contribution >= 4 is 28.7 Å². The highest BCUT2D eigenvalue weighted by Gasteiger charge is 2.13. The molecular weight excluding hydrogens is 316 g/mol. The van der Waals surface area contributed by atoms with Gasteiger partial charge < -0.3 is 11.1 Å². The third kappa shape index (κ3) is 2.72. The number of benzene rings is 2. The van der Waals surface area contributed by atoms with Crippen LogP contribution in [0.15, 0.2) is 59.4 Å². The first-order chi connectivity index (χ1) is 12.1. The van der Waals surface area contributed by atoms with Crippen LogP contribution in [0.3, 0.4) is 0 Å². The molecule has 0 aliphatic carbocycles. The number of hydrogen-bond donors (Lipinski definition) is 3. The predicted molar refractivity (Wildman–Crippen MR) is 98.7 cm³/mol. The Morgan fingerprint density at radius 3 is 2.40 bits per heavy atom. The van der Waals surface area contributed by atoms with E-state index in [4.69, 9.17) is 5.73 Å². The Labute approximate surface area is 143 Å². The average molecular weight is 332 g/mol. The van der Waals surface area contributed by atoms with Gasteiger partial charge in [0, 0.05) is 12.7 Å². The van der Waals surface area contributed by atoms with Crippen LogP contribution >= 0.6 is 0 Å². The first kappa shape index (κ1) is 14.9. The maximum atomic E-state index is 11.9. The highest BCUT2D eigenvalue weighted by Crippen LogP contribution is 2.23. The summed E-state index contributed by atoms with van der Waals surface area (Å²) in [5.74, 6) is 0.588. The summed E-state index contributed by atoms with van der Waals surface area (Å²) in [5, 5.41) is 3.21. The van der Waals surface area contributed by atoms with Gasteiger partial charge in [0.2, 0.25) is 11.9 Å². The number of nitrogens with one attached hydrogen (secondary N) is 2. The number of hydrogen-bond acceptors (Lipinski definition) is 5. The van der Waals surface area contributed by atoms with Gasteiger partial charge in [-0.2, -0.15) is 4.98 Å². The van der Waals surface area contributed by atoms with Crippen LogP contribution in [0.5, 0.6) is 0 Å². The molecule has 0 bridgehead atoms. The van der Waals surface area contributed by atoms with Gasteiger partial charge in [0.15, 0.2) is 11.2 Å². The fraction of sp³-hybridized carbons (Fsp3) is 0.0556. The molecule has 4 rings (SSSR count). The number of imidazole rings is 1. The van der Waals surface area contributed by atoms with E-state index >= 15 is 0 Å². The second-order valence-electron chi connectivity index (χ2n) is 5.69. The molecule has 0 atom stereocenters. The zero-order valence-corrected chi connectivity index (χ0v) is 13.5. The molecule has 2 aromatic carbocycles. The molecule has 25 heavy (non-hydrogen) atoms. The lowest BCUT2D eigenvalue weighted by Gasteiger charge is -2.07. The van der Waals surface area contributed by atoms with E-state index in [0.717, 1.165) is 16.8 Å². The summed E-state index contributed by atoms with van der Waals surface area (Å²) in [6.07, 6.45) is 0. The van der Waals surface area contributed by atoms with Crippen LogP contribution in [0, 0.1) is 0 Å². The van der Waals surface area contributed by atoms with Crippen molar-refractivity contribution in [1.29, 1.82) is 0 Å². The topological polar surface area (TPSA) is 102 Å². The van der Waals surface area contributed by atoms with Crippen LogP contribution in [0.2, 0.25) is 0 Å². The van der Waals surface area contributed by atoms with Gasteiger partial charge in [-0.05, 0) is 23.3 Å². The van der Waals surface area contributed by atoms with E-state index in [2.05, 4.69) is 32.4 Å². The Bertz CT molecular complexity index is 1100. The number of aryl methyl sites for hydroxylation is 1. The van der Waals surface area contributed by atoms with Gasteiger partial charge in [-0.15, -0.1) is 0 Å². The van der Waals surface area contributed by atoms with Crippen LogP contribution in [-0.4, -0.2) is 19.5 Å². The van der Waals surface area contributed by atoms with E-state index in [0.29, 0.717) is 11.6 Å². The van der Waals surface area contributed by atoms with E-state index in [1.807, 2.05) is 42.5 Å².